The molecule has 0 aliphatic heterocycles. The Kier molecular flexibility index (Phi) is 4.97. The second kappa shape index (κ2) is 7.34. The van der Waals surface area contributed by atoms with Crippen molar-refractivity contribution in [2.75, 3.05) is 12.3 Å². The standard InChI is InChI=1S/C17H20N6O3/c1-4-25-17(24)13-14(12-7-5-11(6-8-12)9-10(2)3)23(22-19-13)16-15(18)20-26-21-16/h5-8,10H,4,9H2,1-3H3,(H2,18,20). The highest BCUT2D eigenvalue weighted by atomic mass is 16.6. The number of benzene rings is 1. The molecule has 136 valence electrons. The molecule has 3 aromatic rings. The maximum Gasteiger partial charge on any atom is 0.361 e. The van der Waals surface area contributed by atoms with Gasteiger partial charge in [0, 0.05) is 5.56 Å². The average molecular weight is 356 g/mol. The quantitative estimate of drug-likeness (QED) is 0.667. The van der Waals surface area contributed by atoms with Gasteiger partial charge in [0.05, 0.1) is 6.61 Å². The zero-order valence-corrected chi connectivity index (χ0v) is 14.8. The van der Waals surface area contributed by atoms with E-state index in [9.17, 15) is 4.79 Å². The molecule has 2 N–H and O–H groups in total. The molecule has 2 aromatic heterocycles. The van der Waals surface area contributed by atoms with Gasteiger partial charge in [-0.2, -0.15) is 4.68 Å². The van der Waals surface area contributed by atoms with Gasteiger partial charge in [0.2, 0.25) is 11.6 Å². The smallest absolute Gasteiger partial charge is 0.361 e. The number of ether oxygens (including phenoxy) is 1. The summed E-state index contributed by atoms with van der Waals surface area (Å²) in [6.45, 7) is 6.27. The third-order valence-electron chi connectivity index (χ3n) is 3.71. The van der Waals surface area contributed by atoms with Crippen molar-refractivity contribution < 1.29 is 14.2 Å². The molecule has 9 nitrogen and oxygen atoms in total. The highest BCUT2D eigenvalue weighted by Gasteiger charge is 2.25. The van der Waals surface area contributed by atoms with Crippen molar-refractivity contribution in [2.24, 2.45) is 5.92 Å². The molecule has 1 aromatic carbocycles. The van der Waals surface area contributed by atoms with Crippen LogP contribution in [-0.2, 0) is 11.2 Å². The maximum atomic E-state index is 12.3. The summed E-state index contributed by atoms with van der Waals surface area (Å²) in [5.74, 6) is 0.177. The molecule has 0 fully saturated rings. The predicted molar refractivity (Wildman–Crippen MR) is 93.6 cm³/mol. The molecule has 0 spiro atoms. The Hall–Kier alpha value is -3.23. The Bertz CT molecular complexity index is 898. The third kappa shape index (κ3) is 3.41. The fourth-order valence-electron chi connectivity index (χ4n) is 2.63. The lowest BCUT2D eigenvalue weighted by Gasteiger charge is -2.08. The van der Waals surface area contributed by atoms with Crippen LogP contribution in [0, 0.1) is 5.92 Å². The summed E-state index contributed by atoms with van der Waals surface area (Å²) < 4.78 is 11.1. The van der Waals surface area contributed by atoms with Crippen LogP contribution in [0.4, 0.5) is 5.82 Å². The summed E-state index contributed by atoms with van der Waals surface area (Å²) in [5.41, 5.74) is 8.19. The molecule has 0 amide bonds. The van der Waals surface area contributed by atoms with Gasteiger partial charge in [0.1, 0.15) is 5.69 Å². The maximum absolute atomic E-state index is 12.3. The number of anilines is 1. The predicted octanol–water partition coefficient (Wildman–Crippen LogP) is 2.27. The first-order valence-corrected chi connectivity index (χ1v) is 8.31. The average Bonchev–Trinajstić information content (AvgIpc) is 3.21. The van der Waals surface area contributed by atoms with E-state index in [4.69, 9.17) is 10.5 Å². The SMILES string of the molecule is CCOC(=O)c1nnn(-c2nonc2N)c1-c1ccc(CC(C)C)cc1. The third-order valence-corrected chi connectivity index (χ3v) is 3.71. The summed E-state index contributed by atoms with van der Waals surface area (Å²) in [5, 5.41) is 15.2. The molecule has 26 heavy (non-hydrogen) atoms. The topological polar surface area (TPSA) is 122 Å². The number of carbonyl (C=O) groups is 1. The van der Waals surface area contributed by atoms with Gasteiger partial charge in [-0.3, -0.25) is 0 Å². The van der Waals surface area contributed by atoms with Crippen molar-refractivity contribution in [3.05, 3.63) is 35.5 Å². The highest BCUT2D eigenvalue weighted by Crippen LogP contribution is 2.27. The summed E-state index contributed by atoms with van der Waals surface area (Å²) in [4.78, 5) is 12.3. The number of nitrogens with zero attached hydrogens (tertiary/aromatic N) is 5. The van der Waals surface area contributed by atoms with Crippen LogP contribution in [0.25, 0.3) is 17.1 Å². The molecule has 0 saturated heterocycles. The van der Waals surface area contributed by atoms with E-state index in [1.165, 1.54) is 10.2 Å². The largest absolute Gasteiger partial charge is 0.461 e. The van der Waals surface area contributed by atoms with E-state index in [2.05, 4.69) is 39.1 Å². The van der Waals surface area contributed by atoms with Crippen molar-refractivity contribution >= 4 is 11.8 Å². The molecular formula is C17H20N6O3. The van der Waals surface area contributed by atoms with E-state index >= 15 is 0 Å². The minimum absolute atomic E-state index is 0.0444. The lowest BCUT2D eigenvalue weighted by Crippen LogP contribution is -2.08. The Labute approximate surface area is 150 Å². The van der Waals surface area contributed by atoms with Gasteiger partial charge < -0.3 is 10.5 Å². The van der Waals surface area contributed by atoms with Gasteiger partial charge in [0.25, 0.3) is 0 Å². The van der Waals surface area contributed by atoms with Gasteiger partial charge in [0.15, 0.2) is 5.69 Å². The van der Waals surface area contributed by atoms with Crippen LogP contribution >= 0.6 is 0 Å². The van der Waals surface area contributed by atoms with E-state index in [1.54, 1.807) is 6.92 Å². The van der Waals surface area contributed by atoms with Crippen molar-refractivity contribution in [1.29, 1.82) is 0 Å². The number of hydrogen-bond acceptors (Lipinski definition) is 8. The first kappa shape index (κ1) is 17.6. The van der Waals surface area contributed by atoms with Crippen LogP contribution in [0.3, 0.4) is 0 Å². The minimum Gasteiger partial charge on any atom is -0.461 e. The molecular weight excluding hydrogens is 336 g/mol. The normalized spacial score (nSPS) is 11.1. The number of nitrogen functional groups attached to an aromatic ring is 1. The second-order valence-electron chi connectivity index (χ2n) is 6.19. The molecule has 2 heterocycles. The van der Waals surface area contributed by atoms with Gasteiger partial charge in [-0.15, -0.1) is 5.10 Å². The molecule has 9 heteroatoms. The van der Waals surface area contributed by atoms with E-state index in [-0.39, 0.29) is 23.9 Å². The molecule has 0 saturated carbocycles. The van der Waals surface area contributed by atoms with E-state index in [0.29, 0.717) is 11.6 Å². The summed E-state index contributed by atoms with van der Waals surface area (Å²) >= 11 is 0. The van der Waals surface area contributed by atoms with Crippen LogP contribution < -0.4 is 5.73 Å². The van der Waals surface area contributed by atoms with Crippen molar-refractivity contribution in [2.45, 2.75) is 27.2 Å². The lowest BCUT2D eigenvalue weighted by molar-refractivity contribution is 0.0520. The first-order valence-electron chi connectivity index (χ1n) is 8.31. The Morgan fingerprint density at radius 2 is 2.00 bits per heavy atom. The summed E-state index contributed by atoms with van der Waals surface area (Å²) in [7, 11) is 0. The fourth-order valence-corrected chi connectivity index (χ4v) is 2.63. The van der Waals surface area contributed by atoms with E-state index in [1.807, 2.05) is 24.3 Å². The fraction of sp³-hybridized carbons (Fsp3) is 0.353. The molecule has 3 rings (SSSR count). The first-order chi connectivity index (χ1) is 12.5. The lowest BCUT2D eigenvalue weighted by atomic mass is 10.0. The van der Waals surface area contributed by atoms with Gasteiger partial charge >= 0.3 is 5.97 Å². The van der Waals surface area contributed by atoms with Crippen LogP contribution in [0.1, 0.15) is 36.8 Å². The van der Waals surface area contributed by atoms with Crippen molar-refractivity contribution in [3.8, 4) is 17.1 Å². The van der Waals surface area contributed by atoms with Gasteiger partial charge in [-0.1, -0.05) is 43.3 Å². The van der Waals surface area contributed by atoms with Crippen LogP contribution in [0.15, 0.2) is 28.9 Å². The number of esters is 1. The van der Waals surface area contributed by atoms with E-state index in [0.717, 1.165) is 12.0 Å². The minimum atomic E-state index is -0.574. The number of nitrogens with two attached hydrogens (primary N) is 1. The van der Waals surface area contributed by atoms with Crippen LogP contribution in [0.2, 0.25) is 0 Å². The summed E-state index contributed by atoms with van der Waals surface area (Å²) in [6, 6.07) is 7.82. The summed E-state index contributed by atoms with van der Waals surface area (Å²) in [6.07, 6.45) is 0.961. The van der Waals surface area contributed by atoms with Gasteiger partial charge in [-0.05, 0) is 35.1 Å². The van der Waals surface area contributed by atoms with Gasteiger partial charge in [-0.25, -0.2) is 9.42 Å². The molecule has 0 radical (unpaired) electrons. The zero-order chi connectivity index (χ0) is 18.7. The number of hydrogen-bond donors (Lipinski definition) is 1. The van der Waals surface area contributed by atoms with Crippen molar-refractivity contribution in [3.63, 3.8) is 0 Å². The Morgan fingerprint density at radius 3 is 2.58 bits per heavy atom. The van der Waals surface area contributed by atoms with Crippen LogP contribution in [0.5, 0.6) is 0 Å². The zero-order valence-electron chi connectivity index (χ0n) is 14.8. The monoisotopic (exact) mass is 356 g/mol. The number of carbonyl (C=O) groups excluding carboxylic acids is 1. The second-order valence-corrected chi connectivity index (χ2v) is 6.19. The molecule has 0 aliphatic carbocycles. The molecule has 0 bridgehead atoms. The molecule has 0 unspecified atom stereocenters. The Balaban J connectivity index is 2.09. The Morgan fingerprint density at radius 1 is 1.27 bits per heavy atom. The van der Waals surface area contributed by atoms with Crippen LogP contribution in [-0.4, -0.2) is 37.9 Å². The molecule has 0 aliphatic rings. The number of aromatic nitrogens is 5. The number of rotatable bonds is 6. The highest BCUT2D eigenvalue weighted by molar-refractivity contribution is 5.94. The van der Waals surface area contributed by atoms with E-state index < -0.39 is 5.97 Å². The molecule has 0 atom stereocenters. The van der Waals surface area contributed by atoms with Crippen molar-refractivity contribution in [1.82, 2.24) is 25.3 Å².